The van der Waals surface area contributed by atoms with Crippen molar-refractivity contribution >= 4 is 46.9 Å². The molecule has 0 heterocycles. The first kappa shape index (κ1) is 27.0. The third kappa shape index (κ3) is 8.29. The predicted octanol–water partition coefficient (Wildman–Crippen LogP) is 6.15. The van der Waals surface area contributed by atoms with E-state index in [1.54, 1.807) is 30.3 Å². The lowest BCUT2D eigenvalue weighted by Crippen LogP contribution is -2.20. The number of carbonyl (C=O) groups is 2. The van der Waals surface area contributed by atoms with Crippen molar-refractivity contribution in [2.24, 2.45) is 5.10 Å². The van der Waals surface area contributed by atoms with E-state index >= 15 is 0 Å². The number of hydrogen-bond donors (Lipinski definition) is 2. The minimum absolute atomic E-state index is 0.0121. The molecule has 0 unspecified atom stereocenters. The molecule has 9 heteroatoms. The summed E-state index contributed by atoms with van der Waals surface area (Å²) in [6.45, 7) is 4.51. The number of rotatable bonds is 11. The van der Waals surface area contributed by atoms with Crippen LogP contribution in [0.1, 0.15) is 36.5 Å². The molecule has 3 aromatic rings. The summed E-state index contributed by atoms with van der Waals surface area (Å²) >= 11 is 12.3. The van der Waals surface area contributed by atoms with Gasteiger partial charge in [0.05, 0.1) is 12.8 Å². The Kier molecular flexibility index (Phi) is 10.2. The first-order valence-corrected chi connectivity index (χ1v) is 12.1. The lowest BCUT2D eigenvalue weighted by Gasteiger charge is -2.13. The van der Waals surface area contributed by atoms with Gasteiger partial charge in [0.2, 0.25) is 11.8 Å². The van der Waals surface area contributed by atoms with Gasteiger partial charge in [0.1, 0.15) is 6.61 Å². The second-order valence-electron chi connectivity index (χ2n) is 7.82. The third-order valence-electron chi connectivity index (χ3n) is 5.05. The summed E-state index contributed by atoms with van der Waals surface area (Å²) in [6.07, 6.45) is 1.49. The summed E-state index contributed by atoms with van der Waals surface area (Å²) in [4.78, 5) is 24.2. The number of hydrazone groups is 1. The van der Waals surface area contributed by atoms with Gasteiger partial charge in [-0.3, -0.25) is 9.59 Å². The summed E-state index contributed by atoms with van der Waals surface area (Å²) in [7, 11) is 0. The van der Waals surface area contributed by atoms with Crippen LogP contribution < -0.4 is 20.2 Å². The monoisotopic (exact) mass is 527 g/mol. The normalized spacial score (nSPS) is 10.8. The van der Waals surface area contributed by atoms with Crippen LogP contribution in [-0.2, 0) is 16.2 Å². The molecule has 0 aromatic heterocycles. The van der Waals surface area contributed by atoms with E-state index in [9.17, 15) is 9.59 Å². The highest BCUT2D eigenvalue weighted by Crippen LogP contribution is 2.29. The molecule has 3 rings (SSSR count). The fourth-order valence-electron chi connectivity index (χ4n) is 3.12. The van der Waals surface area contributed by atoms with Crippen LogP contribution in [0.2, 0.25) is 10.0 Å². The van der Waals surface area contributed by atoms with Crippen molar-refractivity contribution in [3.8, 4) is 11.5 Å². The number of anilines is 1. The van der Waals surface area contributed by atoms with E-state index in [2.05, 4.69) is 15.8 Å². The summed E-state index contributed by atoms with van der Waals surface area (Å²) in [5.41, 5.74) is 5.50. The van der Waals surface area contributed by atoms with Crippen LogP contribution in [0.4, 0.5) is 5.69 Å². The smallest absolute Gasteiger partial charge is 0.240 e. The number of ether oxygens (including phenoxy) is 2. The molecule has 2 amide bonds. The molecular weight excluding hydrogens is 501 g/mol. The number of hydrogen-bond acceptors (Lipinski definition) is 5. The van der Waals surface area contributed by atoms with Crippen LogP contribution in [0.3, 0.4) is 0 Å². The molecule has 0 fully saturated rings. The summed E-state index contributed by atoms with van der Waals surface area (Å²) in [5.74, 6) is 0.447. The number of halogens is 2. The van der Waals surface area contributed by atoms with E-state index in [0.29, 0.717) is 46.0 Å². The fraction of sp³-hybridized carbons (Fsp3) is 0.222. The fourth-order valence-corrected chi connectivity index (χ4v) is 3.49. The van der Waals surface area contributed by atoms with Gasteiger partial charge in [-0.25, -0.2) is 5.43 Å². The molecule has 0 saturated carbocycles. The van der Waals surface area contributed by atoms with Gasteiger partial charge in [-0.15, -0.1) is 0 Å². The Balaban J connectivity index is 1.50. The molecule has 36 heavy (non-hydrogen) atoms. The molecule has 7 nitrogen and oxygen atoms in total. The van der Waals surface area contributed by atoms with Crippen LogP contribution in [0.5, 0.6) is 11.5 Å². The lowest BCUT2D eigenvalue weighted by atomic mass is 10.2. The van der Waals surface area contributed by atoms with E-state index < -0.39 is 0 Å². The third-order valence-corrected chi connectivity index (χ3v) is 5.82. The highest BCUT2D eigenvalue weighted by molar-refractivity contribution is 6.31. The van der Waals surface area contributed by atoms with E-state index in [1.165, 1.54) is 6.21 Å². The van der Waals surface area contributed by atoms with E-state index in [4.69, 9.17) is 32.7 Å². The Morgan fingerprint density at radius 1 is 0.917 bits per heavy atom. The van der Waals surface area contributed by atoms with Crippen LogP contribution >= 0.6 is 23.2 Å². The molecule has 0 bridgehead atoms. The average Bonchev–Trinajstić information content (AvgIpc) is 2.85. The molecule has 2 N–H and O–H groups in total. The standard InChI is InChI=1S/C27H27Cl2N3O4/c1-3-35-25-14-19(9-11-24(25)36-17-20-6-4-5-7-22(20)28)16-30-32-27(34)13-12-26(33)31-21-10-8-18(2)23(29)15-21/h4-11,14-16H,3,12-13,17H2,1-2H3,(H,31,33)(H,32,34). The summed E-state index contributed by atoms with van der Waals surface area (Å²) < 4.78 is 11.6. The average molecular weight is 528 g/mol. The molecule has 0 aliphatic heterocycles. The van der Waals surface area contributed by atoms with Gasteiger partial charge in [0, 0.05) is 34.1 Å². The Hall–Kier alpha value is -3.55. The van der Waals surface area contributed by atoms with Gasteiger partial charge in [-0.1, -0.05) is 47.5 Å². The largest absolute Gasteiger partial charge is 0.490 e. The highest BCUT2D eigenvalue weighted by atomic mass is 35.5. The summed E-state index contributed by atoms with van der Waals surface area (Å²) in [5, 5.41) is 7.89. The molecule has 0 aliphatic carbocycles. The number of amides is 2. The zero-order valence-electron chi connectivity index (χ0n) is 20.0. The topological polar surface area (TPSA) is 89.0 Å². The molecule has 3 aromatic carbocycles. The van der Waals surface area contributed by atoms with Gasteiger partial charge in [-0.2, -0.15) is 5.10 Å². The number of nitrogens with zero attached hydrogens (tertiary/aromatic N) is 1. The van der Waals surface area contributed by atoms with Gasteiger partial charge >= 0.3 is 0 Å². The van der Waals surface area contributed by atoms with Gasteiger partial charge in [-0.05, 0) is 61.4 Å². The molecule has 0 radical (unpaired) electrons. The molecular formula is C27H27Cl2N3O4. The highest BCUT2D eigenvalue weighted by Gasteiger charge is 2.09. The maximum absolute atomic E-state index is 12.1. The molecule has 0 spiro atoms. The molecule has 0 saturated heterocycles. The Morgan fingerprint density at radius 3 is 2.44 bits per heavy atom. The Labute approximate surface area is 220 Å². The molecule has 188 valence electrons. The van der Waals surface area contributed by atoms with E-state index in [-0.39, 0.29) is 24.7 Å². The number of benzene rings is 3. The summed E-state index contributed by atoms with van der Waals surface area (Å²) in [6, 6.07) is 18.0. The second kappa shape index (κ2) is 13.5. The molecule has 0 aliphatic rings. The van der Waals surface area contributed by atoms with Crippen molar-refractivity contribution < 1.29 is 19.1 Å². The number of carbonyl (C=O) groups excluding carboxylic acids is 2. The van der Waals surface area contributed by atoms with Crippen molar-refractivity contribution in [1.82, 2.24) is 5.43 Å². The second-order valence-corrected chi connectivity index (χ2v) is 8.64. The van der Waals surface area contributed by atoms with Crippen molar-refractivity contribution in [1.29, 1.82) is 0 Å². The van der Waals surface area contributed by atoms with Crippen molar-refractivity contribution in [2.75, 3.05) is 11.9 Å². The lowest BCUT2D eigenvalue weighted by molar-refractivity contribution is -0.124. The Morgan fingerprint density at radius 2 is 1.69 bits per heavy atom. The van der Waals surface area contributed by atoms with E-state index in [0.717, 1.165) is 11.1 Å². The maximum Gasteiger partial charge on any atom is 0.240 e. The van der Waals surface area contributed by atoms with Gasteiger partial charge in [0.25, 0.3) is 0 Å². The van der Waals surface area contributed by atoms with Crippen LogP contribution in [0.15, 0.2) is 65.8 Å². The Bertz CT molecular complexity index is 1250. The van der Waals surface area contributed by atoms with Crippen LogP contribution in [0.25, 0.3) is 0 Å². The van der Waals surface area contributed by atoms with Crippen molar-refractivity contribution in [2.45, 2.75) is 33.3 Å². The predicted molar refractivity (Wildman–Crippen MR) is 143 cm³/mol. The maximum atomic E-state index is 12.1. The minimum Gasteiger partial charge on any atom is -0.490 e. The minimum atomic E-state index is -0.381. The van der Waals surface area contributed by atoms with Crippen molar-refractivity contribution in [3.05, 3.63) is 87.4 Å². The van der Waals surface area contributed by atoms with Crippen LogP contribution in [-0.4, -0.2) is 24.6 Å². The zero-order chi connectivity index (χ0) is 25.9. The van der Waals surface area contributed by atoms with E-state index in [1.807, 2.05) is 44.2 Å². The van der Waals surface area contributed by atoms with Gasteiger partial charge in [0.15, 0.2) is 11.5 Å². The van der Waals surface area contributed by atoms with Crippen molar-refractivity contribution in [3.63, 3.8) is 0 Å². The zero-order valence-corrected chi connectivity index (χ0v) is 21.5. The molecule has 0 atom stereocenters. The number of nitrogens with one attached hydrogen (secondary N) is 2. The van der Waals surface area contributed by atoms with Gasteiger partial charge < -0.3 is 14.8 Å². The first-order chi connectivity index (χ1) is 17.4. The van der Waals surface area contributed by atoms with Crippen LogP contribution in [0, 0.1) is 6.92 Å². The quantitative estimate of drug-likeness (QED) is 0.231. The number of aryl methyl sites for hydroxylation is 1. The first-order valence-electron chi connectivity index (χ1n) is 11.4. The SMILES string of the molecule is CCOc1cc(C=NNC(=O)CCC(=O)Nc2ccc(C)c(Cl)c2)ccc1OCc1ccccc1Cl.